The van der Waals surface area contributed by atoms with Crippen LogP contribution in [0.15, 0.2) is 24.3 Å². The standard InChI is InChI=1S/C14H22N2O4/c1-3-16-14(18)9-15-8-11(17)10-20-13-7-5-4-6-12(13)19-2/h4-7,11,15,17H,3,8-10H2,1-2H3,(H,16,18). The van der Waals surface area contributed by atoms with Crippen molar-refractivity contribution in [3.05, 3.63) is 24.3 Å². The predicted molar refractivity (Wildman–Crippen MR) is 76.0 cm³/mol. The monoisotopic (exact) mass is 282 g/mol. The maximum Gasteiger partial charge on any atom is 0.233 e. The summed E-state index contributed by atoms with van der Waals surface area (Å²) >= 11 is 0. The number of hydrogen-bond donors (Lipinski definition) is 3. The number of aliphatic hydroxyl groups is 1. The van der Waals surface area contributed by atoms with Gasteiger partial charge in [0.15, 0.2) is 11.5 Å². The van der Waals surface area contributed by atoms with Crippen LogP contribution in [0.1, 0.15) is 6.92 Å². The lowest BCUT2D eigenvalue weighted by molar-refractivity contribution is -0.120. The summed E-state index contributed by atoms with van der Waals surface area (Å²) in [4.78, 5) is 11.2. The molecule has 1 aromatic carbocycles. The fourth-order valence-electron chi connectivity index (χ4n) is 1.59. The van der Waals surface area contributed by atoms with Crippen LogP contribution < -0.4 is 20.1 Å². The quantitative estimate of drug-likeness (QED) is 0.601. The Kier molecular flexibility index (Phi) is 7.46. The van der Waals surface area contributed by atoms with E-state index in [-0.39, 0.29) is 25.6 Å². The lowest BCUT2D eigenvalue weighted by Gasteiger charge is -2.14. The number of carbonyl (C=O) groups excluding carboxylic acids is 1. The molecule has 0 aliphatic carbocycles. The van der Waals surface area contributed by atoms with Gasteiger partial charge in [-0.1, -0.05) is 12.1 Å². The van der Waals surface area contributed by atoms with Gasteiger partial charge in [0.25, 0.3) is 0 Å². The molecule has 0 radical (unpaired) electrons. The van der Waals surface area contributed by atoms with E-state index < -0.39 is 6.10 Å². The van der Waals surface area contributed by atoms with Crippen LogP contribution >= 0.6 is 0 Å². The van der Waals surface area contributed by atoms with E-state index in [1.165, 1.54) is 0 Å². The van der Waals surface area contributed by atoms with Crippen molar-refractivity contribution in [2.75, 3.05) is 33.4 Å². The Bertz CT molecular complexity index is 412. The first kappa shape index (κ1) is 16.3. The number of nitrogens with one attached hydrogen (secondary N) is 2. The average molecular weight is 282 g/mol. The number of ether oxygens (including phenoxy) is 2. The molecule has 0 aromatic heterocycles. The first-order valence-corrected chi connectivity index (χ1v) is 6.58. The molecule has 6 nitrogen and oxygen atoms in total. The second kappa shape index (κ2) is 9.17. The molecule has 6 heteroatoms. The van der Waals surface area contributed by atoms with Gasteiger partial charge in [0, 0.05) is 13.1 Å². The Labute approximate surface area is 119 Å². The number of likely N-dealkylation sites (N-methyl/N-ethyl adjacent to an activating group) is 1. The normalized spacial score (nSPS) is 11.8. The van der Waals surface area contributed by atoms with Crippen molar-refractivity contribution < 1.29 is 19.4 Å². The highest BCUT2D eigenvalue weighted by Gasteiger charge is 2.08. The largest absolute Gasteiger partial charge is 0.493 e. The van der Waals surface area contributed by atoms with E-state index in [1.807, 2.05) is 19.1 Å². The Morgan fingerprint density at radius 1 is 1.35 bits per heavy atom. The van der Waals surface area contributed by atoms with E-state index in [9.17, 15) is 9.90 Å². The zero-order chi connectivity index (χ0) is 14.8. The topological polar surface area (TPSA) is 79.8 Å². The van der Waals surface area contributed by atoms with Crippen molar-refractivity contribution >= 4 is 5.91 Å². The number of benzene rings is 1. The van der Waals surface area contributed by atoms with E-state index >= 15 is 0 Å². The molecule has 1 aromatic rings. The van der Waals surface area contributed by atoms with Gasteiger partial charge in [0.2, 0.25) is 5.91 Å². The van der Waals surface area contributed by atoms with Gasteiger partial charge in [-0.15, -0.1) is 0 Å². The molecule has 0 fully saturated rings. The van der Waals surface area contributed by atoms with Crippen LogP contribution in [0.2, 0.25) is 0 Å². The number of rotatable bonds is 9. The lowest BCUT2D eigenvalue weighted by atomic mass is 10.3. The van der Waals surface area contributed by atoms with Crippen LogP contribution in [0.5, 0.6) is 11.5 Å². The van der Waals surface area contributed by atoms with Crippen molar-refractivity contribution in [2.24, 2.45) is 0 Å². The molecule has 3 N–H and O–H groups in total. The van der Waals surface area contributed by atoms with Gasteiger partial charge in [0.05, 0.1) is 13.7 Å². The first-order chi connectivity index (χ1) is 9.67. The number of para-hydroxylation sites is 2. The molecule has 0 aliphatic heterocycles. The average Bonchev–Trinajstić information content (AvgIpc) is 2.45. The second-order valence-corrected chi connectivity index (χ2v) is 4.20. The summed E-state index contributed by atoms with van der Waals surface area (Å²) in [6.07, 6.45) is -0.700. The number of aliphatic hydroxyl groups excluding tert-OH is 1. The van der Waals surface area contributed by atoms with E-state index in [0.717, 1.165) is 0 Å². The van der Waals surface area contributed by atoms with Crippen LogP contribution in [0.25, 0.3) is 0 Å². The predicted octanol–water partition coefficient (Wildman–Crippen LogP) is 0.161. The number of amides is 1. The Hall–Kier alpha value is -1.79. The van der Waals surface area contributed by atoms with Gasteiger partial charge in [-0.25, -0.2) is 0 Å². The summed E-state index contributed by atoms with van der Waals surface area (Å²) < 4.78 is 10.6. The third kappa shape index (κ3) is 5.90. The van der Waals surface area contributed by atoms with E-state index in [2.05, 4.69) is 10.6 Å². The molecule has 112 valence electrons. The van der Waals surface area contributed by atoms with Gasteiger partial charge in [0.1, 0.15) is 12.7 Å². The summed E-state index contributed by atoms with van der Waals surface area (Å²) in [5.74, 6) is 1.11. The minimum absolute atomic E-state index is 0.0923. The number of hydrogen-bond acceptors (Lipinski definition) is 5. The second-order valence-electron chi connectivity index (χ2n) is 4.20. The molecule has 0 aliphatic rings. The smallest absolute Gasteiger partial charge is 0.233 e. The van der Waals surface area contributed by atoms with Crippen molar-refractivity contribution in [3.63, 3.8) is 0 Å². The highest BCUT2D eigenvalue weighted by molar-refractivity contribution is 5.77. The fraction of sp³-hybridized carbons (Fsp3) is 0.500. The summed E-state index contributed by atoms with van der Waals surface area (Å²) in [5, 5.41) is 15.3. The highest BCUT2D eigenvalue weighted by atomic mass is 16.5. The van der Waals surface area contributed by atoms with Crippen molar-refractivity contribution in [1.29, 1.82) is 0 Å². The van der Waals surface area contributed by atoms with Gasteiger partial charge >= 0.3 is 0 Å². The van der Waals surface area contributed by atoms with Gasteiger partial charge in [-0.3, -0.25) is 4.79 Å². The molecule has 1 rings (SSSR count). The molecule has 0 bridgehead atoms. The Balaban J connectivity index is 2.26. The van der Waals surface area contributed by atoms with Crippen LogP contribution in [0.3, 0.4) is 0 Å². The van der Waals surface area contributed by atoms with Crippen LogP contribution in [-0.2, 0) is 4.79 Å². The van der Waals surface area contributed by atoms with E-state index in [1.54, 1.807) is 19.2 Å². The zero-order valence-electron chi connectivity index (χ0n) is 11.9. The SMILES string of the molecule is CCNC(=O)CNCC(O)COc1ccccc1OC. The molecule has 0 spiro atoms. The molecule has 1 amide bonds. The van der Waals surface area contributed by atoms with Crippen LogP contribution in [0.4, 0.5) is 0 Å². The molecule has 0 saturated carbocycles. The molecule has 0 saturated heterocycles. The molecule has 1 unspecified atom stereocenters. The summed E-state index contributed by atoms with van der Waals surface area (Å²) in [5.41, 5.74) is 0. The van der Waals surface area contributed by atoms with Crippen LogP contribution in [0, 0.1) is 0 Å². The number of carbonyl (C=O) groups is 1. The summed E-state index contributed by atoms with van der Waals surface area (Å²) in [6, 6.07) is 7.23. The first-order valence-electron chi connectivity index (χ1n) is 6.58. The van der Waals surface area contributed by atoms with Crippen molar-refractivity contribution in [1.82, 2.24) is 10.6 Å². The van der Waals surface area contributed by atoms with Crippen molar-refractivity contribution in [3.8, 4) is 11.5 Å². The third-order valence-corrected chi connectivity index (χ3v) is 2.54. The van der Waals surface area contributed by atoms with E-state index in [0.29, 0.717) is 18.0 Å². The van der Waals surface area contributed by atoms with Crippen molar-refractivity contribution in [2.45, 2.75) is 13.0 Å². The molecular formula is C14H22N2O4. The minimum atomic E-state index is -0.700. The Morgan fingerprint density at radius 3 is 2.70 bits per heavy atom. The van der Waals surface area contributed by atoms with E-state index in [4.69, 9.17) is 9.47 Å². The molecule has 20 heavy (non-hydrogen) atoms. The van der Waals surface area contributed by atoms with Crippen LogP contribution in [-0.4, -0.2) is 50.5 Å². The molecule has 1 atom stereocenters. The summed E-state index contributed by atoms with van der Waals surface area (Å²) in [6.45, 7) is 3.04. The Morgan fingerprint density at radius 2 is 2.05 bits per heavy atom. The molecular weight excluding hydrogens is 260 g/mol. The lowest BCUT2D eigenvalue weighted by Crippen LogP contribution is -2.38. The third-order valence-electron chi connectivity index (χ3n) is 2.54. The molecule has 0 heterocycles. The number of methoxy groups -OCH3 is 1. The van der Waals surface area contributed by atoms with Gasteiger partial charge in [-0.05, 0) is 19.1 Å². The van der Waals surface area contributed by atoms with Gasteiger partial charge < -0.3 is 25.2 Å². The highest BCUT2D eigenvalue weighted by Crippen LogP contribution is 2.25. The van der Waals surface area contributed by atoms with Gasteiger partial charge in [-0.2, -0.15) is 0 Å². The maximum absolute atomic E-state index is 11.2. The zero-order valence-corrected chi connectivity index (χ0v) is 11.9. The fourth-order valence-corrected chi connectivity index (χ4v) is 1.59. The maximum atomic E-state index is 11.2. The summed E-state index contributed by atoms with van der Waals surface area (Å²) in [7, 11) is 1.56. The minimum Gasteiger partial charge on any atom is -0.493 e.